The van der Waals surface area contributed by atoms with Crippen molar-refractivity contribution in [2.45, 2.75) is 55.7 Å². The Morgan fingerprint density at radius 2 is 2.00 bits per heavy atom. The minimum Gasteiger partial charge on any atom is -0.435 e. The predicted molar refractivity (Wildman–Crippen MR) is 92.3 cm³/mol. The van der Waals surface area contributed by atoms with Crippen LogP contribution in [0, 0.1) is 0 Å². The summed E-state index contributed by atoms with van der Waals surface area (Å²) in [5, 5.41) is 14.8. The molecule has 1 heterocycles. The number of anilines is 1. The van der Waals surface area contributed by atoms with E-state index in [9.17, 15) is 13.6 Å². The van der Waals surface area contributed by atoms with Gasteiger partial charge in [-0.3, -0.25) is 4.79 Å². The molecule has 1 aliphatic rings. The van der Waals surface area contributed by atoms with E-state index in [1.165, 1.54) is 36.0 Å². The Labute approximate surface area is 153 Å². The number of benzene rings is 1. The molecule has 140 valence electrons. The van der Waals surface area contributed by atoms with Gasteiger partial charge in [0.05, 0.1) is 11.3 Å². The van der Waals surface area contributed by atoms with Crippen LogP contribution in [0.4, 0.5) is 14.5 Å². The molecular formula is C16H19F2N5O2S. The summed E-state index contributed by atoms with van der Waals surface area (Å²) in [6.07, 6.45) is 4.42. The number of amides is 1. The first kappa shape index (κ1) is 18.6. The van der Waals surface area contributed by atoms with Crippen molar-refractivity contribution in [1.29, 1.82) is 0 Å². The van der Waals surface area contributed by atoms with Gasteiger partial charge in [-0.05, 0) is 54.5 Å². The molecule has 1 amide bonds. The number of nitrogens with one attached hydrogen (secondary N) is 1. The van der Waals surface area contributed by atoms with Gasteiger partial charge in [0.25, 0.3) is 0 Å². The predicted octanol–water partition coefficient (Wildman–Crippen LogP) is 3.51. The number of nitrogens with zero attached hydrogens (tertiary/aromatic N) is 4. The molecule has 2 aromatic rings. The zero-order valence-corrected chi connectivity index (χ0v) is 15.0. The minimum absolute atomic E-state index is 0.0381. The average molecular weight is 383 g/mol. The summed E-state index contributed by atoms with van der Waals surface area (Å²) in [6.45, 7) is -1.11. The van der Waals surface area contributed by atoms with Crippen LogP contribution in [0.3, 0.4) is 0 Å². The van der Waals surface area contributed by atoms with Crippen molar-refractivity contribution in [2.24, 2.45) is 0 Å². The lowest BCUT2D eigenvalue weighted by Gasteiger charge is -2.14. The highest BCUT2D eigenvalue weighted by atomic mass is 32.2. The van der Waals surface area contributed by atoms with Gasteiger partial charge in [-0.15, -0.1) is 5.10 Å². The molecule has 0 saturated heterocycles. The largest absolute Gasteiger partial charge is 0.435 e. The summed E-state index contributed by atoms with van der Waals surface area (Å²) >= 11 is 1.29. The minimum atomic E-state index is -2.88. The van der Waals surface area contributed by atoms with E-state index in [-0.39, 0.29) is 11.7 Å². The molecule has 10 heteroatoms. The van der Waals surface area contributed by atoms with E-state index in [2.05, 4.69) is 25.6 Å². The zero-order valence-electron chi connectivity index (χ0n) is 14.1. The number of aromatic nitrogens is 4. The van der Waals surface area contributed by atoms with Crippen LogP contribution in [-0.2, 0) is 4.79 Å². The molecule has 1 aromatic heterocycles. The summed E-state index contributed by atoms with van der Waals surface area (Å²) in [7, 11) is 0. The van der Waals surface area contributed by atoms with Gasteiger partial charge in [-0.2, -0.15) is 8.78 Å². The van der Waals surface area contributed by atoms with Crippen LogP contribution in [0.1, 0.15) is 38.6 Å². The second-order valence-corrected chi connectivity index (χ2v) is 7.30. The van der Waals surface area contributed by atoms with Crippen molar-refractivity contribution in [3.63, 3.8) is 0 Å². The lowest BCUT2D eigenvalue weighted by atomic mass is 10.3. The quantitative estimate of drug-likeness (QED) is 0.737. The van der Waals surface area contributed by atoms with Crippen molar-refractivity contribution in [2.75, 3.05) is 5.32 Å². The van der Waals surface area contributed by atoms with Gasteiger partial charge in [0.2, 0.25) is 11.1 Å². The first-order valence-corrected chi connectivity index (χ1v) is 9.21. The number of rotatable bonds is 7. The van der Waals surface area contributed by atoms with Crippen LogP contribution < -0.4 is 10.1 Å². The third kappa shape index (κ3) is 4.69. The number of ether oxygens (including phenoxy) is 1. The standard InChI is InChI=1S/C16H19F2N5O2S/c1-10(26-16-20-21-22-23(16)12-4-2-3-5-12)14(24)19-11-6-8-13(9-7-11)25-15(17)18/h6-10,12,15H,2-5H2,1H3,(H,19,24). The molecule has 1 N–H and O–H groups in total. The Morgan fingerprint density at radius 3 is 2.65 bits per heavy atom. The Hall–Kier alpha value is -2.23. The number of tetrazole rings is 1. The molecule has 0 bridgehead atoms. The second kappa shape index (κ2) is 8.43. The van der Waals surface area contributed by atoms with Gasteiger partial charge in [0.1, 0.15) is 5.75 Å². The number of alkyl halides is 2. The highest BCUT2D eigenvalue weighted by molar-refractivity contribution is 8.00. The van der Waals surface area contributed by atoms with Crippen LogP contribution in [-0.4, -0.2) is 38.0 Å². The SMILES string of the molecule is CC(Sc1nnnn1C1CCCC1)C(=O)Nc1ccc(OC(F)F)cc1. The zero-order chi connectivity index (χ0) is 18.5. The fraction of sp³-hybridized carbons (Fsp3) is 0.500. The third-order valence-electron chi connectivity index (χ3n) is 4.13. The van der Waals surface area contributed by atoms with Gasteiger partial charge < -0.3 is 10.1 Å². The van der Waals surface area contributed by atoms with E-state index < -0.39 is 11.9 Å². The van der Waals surface area contributed by atoms with Crippen molar-refractivity contribution < 1.29 is 18.3 Å². The van der Waals surface area contributed by atoms with E-state index in [0.717, 1.165) is 25.7 Å². The van der Waals surface area contributed by atoms with Crippen molar-refractivity contribution in [3.05, 3.63) is 24.3 Å². The topological polar surface area (TPSA) is 81.9 Å². The number of hydrogen-bond acceptors (Lipinski definition) is 6. The maximum atomic E-state index is 12.4. The number of thioether (sulfide) groups is 1. The molecule has 0 radical (unpaired) electrons. The monoisotopic (exact) mass is 383 g/mol. The molecule has 0 aliphatic heterocycles. The van der Waals surface area contributed by atoms with E-state index in [1.54, 1.807) is 11.6 Å². The molecule has 3 rings (SSSR count). The Balaban J connectivity index is 1.57. The van der Waals surface area contributed by atoms with Crippen molar-refractivity contribution in [3.8, 4) is 5.75 Å². The lowest BCUT2D eigenvalue weighted by molar-refractivity contribution is -0.115. The first-order chi connectivity index (χ1) is 12.5. The highest BCUT2D eigenvalue weighted by Gasteiger charge is 2.24. The maximum Gasteiger partial charge on any atom is 0.387 e. The Morgan fingerprint density at radius 1 is 1.31 bits per heavy atom. The number of carbonyl (C=O) groups is 1. The normalized spacial score (nSPS) is 16.0. The van der Waals surface area contributed by atoms with Crippen LogP contribution in [0.5, 0.6) is 5.75 Å². The van der Waals surface area contributed by atoms with Crippen molar-refractivity contribution in [1.82, 2.24) is 20.2 Å². The highest BCUT2D eigenvalue weighted by Crippen LogP contribution is 2.32. The number of halogens is 2. The summed E-state index contributed by atoms with van der Waals surface area (Å²) in [5.41, 5.74) is 0.499. The fourth-order valence-corrected chi connectivity index (χ4v) is 3.68. The van der Waals surface area contributed by atoms with Crippen LogP contribution >= 0.6 is 11.8 Å². The van der Waals surface area contributed by atoms with Gasteiger partial charge in [0, 0.05) is 5.69 Å². The molecule has 1 fully saturated rings. The summed E-state index contributed by atoms with van der Waals surface area (Å²) < 4.78 is 30.4. The smallest absolute Gasteiger partial charge is 0.387 e. The second-order valence-electron chi connectivity index (χ2n) is 6.00. The van der Waals surface area contributed by atoms with Gasteiger partial charge >= 0.3 is 6.61 Å². The maximum absolute atomic E-state index is 12.4. The van der Waals surface area contributed by atoms with E-state index in [1.807, 2.05) is 0 Å². The van der Waals surface area contributed by atoms with E-state index in [0.29, 0.717) is 16.9 Å². The molecule has 1 aromatic carbocycles. The van der Waals surface area contributed by atoms with Gasteiger partial charge in [0.15, 0.2) is 0 Å². The number of carbonyl (C=O) groups excluding carboxylic acids is 1. The fourth-order valence-electron chi connectivity index (χ4n) is 2.82. The molecule has 7 nitrogen and oxygen atoms in total. The average Bonchev–Trinajstić information content (AvgIpc) is 3.27. The van der Waals surface area contributed by atoms with E-state index >= 15 is 0 Å². The molecule has 1 saturated carbocycles. The van der Waals surface area contributed by atoms with E-state index in [4.69, 9.17) is 0 Å². The molecule has 1 atom stereocenters. The lowest BCUT2D eigenvalue weighted by Crippen LogP contribution is -2.23. The Bertz CT molecular complexity index is 734. The van der Waals surface area contributed by atoms with Crippen LogP contribution in [0.25, 0.3) is 0 Å². The molecular weight excluding hydrogens is 364 g/mol. The van der Waals surface area contributed by atoms with Gasteiger partial charge in [-0.25, -0.2) is 4.68 Å². The number of hydrogen-bond donors (Lipinski definition) is 1. The summed E-state index contributed by atoms with van der Waals surface area (Å²) in [6, 6.07) is 6.07. The van der Waals surface area contributed by atoms with Crippen molar-refractivity contribution >= 4 is 23.4 Å². The molecule has 0 spiro atoms. The first-order valence-electron chi connectivity index (χ1n) is 8.33. The molecule has 1 unspecified atom stereocenters. The summed E-state index contributed by atoms with van der Waals surface area (Å²) in [4.78, 5) is 12.4. The molecule has 1 aliphatic carbocycles. The third-order valence-corrected chi connectivity index (χ3v) is 5.18. The van der Waals surface area contributed by atoms with Crippen LogP contribution in [0.2, 0.25) is 0 Å². The Kier molecular flexibility index (Phi) is 6.02. The summed E-state index contributed by atoms with van der Waals surface area (Å²) in [5.74, 6) is -0.185. The van der Waals surface area contributed by atoms with Gasteiger partial charge in [-0.1, -0.05) is 24.6 Å². The van der Waals surface area contributed by atoms with Crippen LogP contribution in [0.15, 0.2) is 29.4 Å². The molecule has 26 heavy (non-hydrogen) atoms.